The van der Waals surface area contributed by atoms with Crippen molar-refractivity contribution in [3.63, 3.8) is 0 Å². The number of halogens is 2. The molecule has 2 aromatic rings. The Balaban J connectivity index is 2.55. The molecule has 0 amide bonds. The second kappa shape index (κ2) is 7.37. The number of methoxy groups -OCH3 is 3. The summed E-state index contributed by atoms with van der Waals surface area (Å²) in [6.07, 6.45) is 0. The van der Waals surface area contributed by atoms with Crippen molar-refractivity contribution < 1.29 is 27.0 Å². The second-order valence-electron chi connectivity index (χ2n) is 4.93. The quantitative estimate of drug-likeness (QED) is 0.758. The van der Waals surface area contributed by atoms with Crippen LogP contribution in [-0.4, -0.2) is 36.8 Å². The van der Waals surface area contributed by atoms with Crippen LogP contribution in [0.15, 0.2) is 35.2 Å². The molecule has 0 saturated carbocycles. The van der Waals surface area contributed by atoms with E-state index in [2.05, 4.69) is 0 Å². The summed E-state index contributed by atoms with van der Waals surface area (Å²) in [5.41, 5.74) is 0.194. The summed E-state index contributed by atoms with van der Waals surface area (Å²) in [6.45, 7) is 0. The van der Waals surface area contributed by atoms with Crippen LogP contribution in [0.5, 0.6) is 17.2 Å². The molecule has 0 bridgehead atoms. The highest BCUT2D eigenvalue weighted by Crippen LogP contribution is 2.39. The van der Waals surface area contributed by atoms with E-state index >= 15 is 0 Å². The summed E-state index contributed by atoms with van der Waals surface area (Å²) >= 11 is 6.03. The summed E-state index contributed by atoms with van der Waals surface area (Å²) in [5.74, 6) is -0.323. The van der Waals surface area contributed by atoms with Crippen molar-refractivity contribution in [2.45, 2.75) is 4.90 Å². The fraction of sp³-hybridized carbons (Fsp3) is 0.250. The number of anilines is 1. The lowest BCUT2D eigenvalue weighted by molar-refractivity contribution is 0.385. The predicted octanol–water partition coefficient (Wildman–Crippen LogP) is 3.33. The monoisotopic (exact) mass is 389 g/mol. The topological polar surface area (TPSA) is 65.1 Å². The number of ether oxygens (including phenoxy) is 3. The fourth-order valence-corrected chi connectivity index (χ4v) is 3.63. The van der Waals surface area contributed by atoms with Gasteiger partial charge in [0.1, 0.15) is 11.5 Å². The molecule has 0 N–H and O–H groups in total. The average molecular weight is 390 g/mol. The molecule has 0 unspecified atom stereocenters. The van der Waals surface area contributed by atoms with E-state index < -0.39 is 15.8 Å². The van der Waals surface area contributed by atoms with Gasteiger partial charge in [-0.3, -0.25) is 4.31 Å². The van der Waals surface area contributed by atoms with Gasteiger partial charge in [-0.1, -0.05) is 11.6 Å². The molecule has 0 aromatic heterocycles. The lowest BCUT2D eigenvalue weighted by Gasteiger charge is -2.23. The highest BCUT2D eigenvalue weighted by atomic mass is 35.5. The maximum absolute atomic E-state index is 13.9. The Hall–Kier alpha value is -2.19. The van der Waals surface area contributed by atoms with Crippen molar-refractivity contribution in [1.82, 2.24) is 0 Å². The Morgan fingerprint density at radius 2 is 1.56 bits per heavy atom. The largest absolute Gasteiger partial charge is 0.495 e. The van der Waals surface area contributed by atoms with Crippen LogP contribution in [0.25, 0.3) is 0 Å². The zero-order chi connectivity index (χ0) is 18.8. The van der Waals surface area contributed by atoms with Gasteiger partial charge in [-0.15, -0.1) is 0 Å². The maximum Gasteiger partial charge on any atom is 0.264 e. The van der Waals surface area contributed by atoms with Crippen LogP contribution in [0.3, 0.4) is 0 Å². The standard InChI is InChI=1S/C16H17ClFNO5S/c1-19(13-9-15(23-3)11(17)8-16(13)24-4)25(20,21)10-5-6-14(22-2)12(18)7-10/h5-9H,1-4H3. The first-order valence-corrected chi connectivity index (χ1v) is 8.82. The molecule has 2 aromatic carbocycles. The maximum atomic E-state index is 13.9. The van der Waals surface area contributed by atoms with Crippen LogP contribution in [0, 0.1) is 5.82 Å². The second-order valence-corrected chi connectivity index (χ2v) is 7.30. The smallest absolute Gasteiger partial charge is 0.264 e. The minimum absolute atomic E-state index is 0.0488. The van der Waals surface area contributed by atoms with E-state index in [1.54, 1.807) is 0 Å². The first-order valence-electron chi connectivity index (χ1n) is 7.00. The Morgan fingerprint density at radius 1 is 0.960 bits per heavy atom. The number of nitrogens with zero attached hydrogens (tertiary/aromatic N) is 1. The van der Waals surface area contributed by atoms with E-state index in [9.17, 15) is 12.8 Å². The van der Waals surface area contributed by atoms with Crippen LogP contribution in [0.1, 0.15) is 0 Å². The van der Waals surface area contributed by atoms with E-state index in [4.69, 9.17) is 25.8 Å². The summed E-state index contributed by atoms with van der Waals surface area (Å²) in [6, 6.07) is 6.27. The van der Waals surface area contributed by atoms with Crippen LogP contribution in [-0.2, 0) is 10.0 Å². The Morgan fingerprint density at radius 3 is 2.08 bits per heavy atom. The van der Waals surface area contributed by atoms with Gasteiger partial charge in [-0.2, -0.15) is 0 Å². The van der Waals surface area contributed by atoms with Crippen LogP contribution < -0.4 is 18.5 Å². The fourth-order valence-electron chi connectivity index (χ4n) is 2.19. The van der Waals surface area contributed by atoms with Crippen LogP contribution in [0.4, 0.5) is 10.1 Å². The summed E-state index contributed by atoms with van der Waals surface area (Å²) < 4.78 is 55.6. The molecule has 136 valence electrons. The molecule has 0 aliphatic carbocycles. The molecule has 0 spiro atoms. The lowest BCUT2D eigenvalue weighted by Crippen LogP contribution is -2.27. The first kappa shape index (κ1) is 19.1. The third-order valence-corrected chi connectivity index (χ3v) is 5.64. The van der Waals surface area contributed by atoms with E-state index in [-0.39, 0.29) is 32.9 Å². The van der Waals surface area contributed by atoms with Crippen molar-refractivity contribution in [3.8, 4) is 17.2 Å². The lowest BCUT2D eigenvalue weighted by atomic mass is 10.2. The predicted molar refractivity (Wildman–Crippen MR) is 93.1 cm³/mol. The Kier molecular flexibility index (Phi) is 5.64. The number of benzene rings is 2. The molecule has 0 radical (unpaired) electrons. The van der Waals surface area contributed by atoms with Crippen molar-refractivity contribution in [3.05, 3.63) is 41.2 Å². The van der Waals surface area contributed by atoms with Gasteiger partial charge in [0, 0.05) is 19.2 Å². The normalized spacial score (nSPS) is 11.1. The van der Waals surface area contributed by atoms with Gasteiger partial charge in [-0.05, 0) is 18.2 Å². The summed E-state index contributed by atoms with van der Waals surface area (Å²) in [7, 11) is 1.36. The van der Waals surface area contributed by atoms with Gasteiger partial charge in [-0.25, -0.2) is 12.8 Å². The number of hydrogen-bond acceptors (Lipinski definition) is 5. The summed E-state index contributed by atoms with van der Waals surface area (Å²) in [4.78, 5) is -0.232. The third kappa shape index (κ3) is 3.59. The SMILES string of the molecule is COc1ccc(S(=O)(=O)N(C)c2cc(OC)c(Cl)cc2OC)cc1F. The Bertz CT molecular complexity index is 888. The molecular weight excluding hydrogens is 373 g/mol. The van der Waals surface area contributed by atoms with Crippen molar-refractivity contribution in [1.29, 1.82) is 0 Å². The molecule has 0 fully saturated rings. The molecule has 6 nitrogen and oxygen atoms in total. The highest BCUT2D eigenvalue weighted by Gasteiger charge is 2.26. The van der Waals surface area contributed by atoms with Crippen molar-refractivity contribution in [2.75, 3.05) is 32.7 Å². The van der Waals surface area contributed by atoms with Crippen LogP contribution in [0.2, 0.25) is 5.02 Å². The van der Waals surface area contributed by atoms with Crippen molar-refractivity contribution >= 4 is 27.3 Å². The van der Waals surface area contributed by atoms with Crippen molar-refractivity contribution in [2.24, 2.45) is 0 Å². The number of sulfonamides is 1. The van der Waals surface area contributed by atoms with E-state index in [0.29, 0.717) is 0 Å². The zero-order valence-corrected chi connectivity index (χ0v) is 15.6. The van der Waals surface area contributed by atoms with Gasteiger partial charge >= 0.3 is 0 Å². The molecule has 0 aliphatic rings. The molecule has 25 heavy (non-hydrogen) atoms. The van der Waals surface area contributed by atoms with Gasteiger partial charge in [0.2, 0.25) is 0 Å². The van der Waals surface area contributed by atoms with Gasteiger partial charge in [0.05, 0.1) is 36.9 Å². The zero-order valence-electron chi connectivity index (χ0n) is 14.0. The first-order chi connectivity index (χ1) is 11.8. The van der Waals surface area contributed by atoms with Gasteiger partial charge < -0.3 is 14.2 Å². The van der Waals surface area contributed by atoms with Crippen LogP contribution >= 0.6 is 11.6 Å². The summed E-state index contributed by atoms with van der Waals surface area (Å²) in [5, 5.41) is 0.268. The minimum Gasteiger partial charge on any atom is -0.495 e. The van der Waals surface area contributed by atoms with E-state index in [0.717, 1.165) is 10.4 Å². The molecule has 2 rings (SSSR count). The minimum atomic E-state index is -4.05. The molecule has 0 heterocycles. The molecule has 0 saturated heterocycles. The number of hydrogen-bond donors (Lipinski definition) is 0. The number of rotatable bonds is 6. The average Bonchev–Trinajstić information content (AvgIpc) is 2.60. The molecule has 0 aliphatic heterocycles. The molecular formula is C16H17ClFNO5S. The molecule has 9 heteroatoms. The van der Waals surface area contributed by atoms with Gasteiger partial charge in [0.25, 0.3) is 10.0 Å². The molecule has 0 atom stereocenters. The van der Waals surface area contributed by atoms with E-state index in [1.807, 2.05) is 0 Å². The third-order valence-electron chi connectivity index (χ3n) is 3.57. The highest BCUT2D eigenvalue weighted by molar-refractivity contribution is 7.92. The van der Waals surface area contributed by atoms with E-state index in [1.165, 1.54) is 52.6 Å². The Labute approximate surface area is 150 Å². The van der Waals surface area contributed by atoms with Gasteiger partial charge in [0.15, 0.2) is 11.6 Å².